The van der Waals surface area contributed by atoms with Gasteiger partial charge in [0.2, 0.25) is 0 Å². The first-order valence-electron chi connectivity index (χ1n) is 6.10. The highest BCUT2D eigenvalue weighted by Crippen LogP contribution is 2.30. The Kier molecular flexibility index (Phi) is 3.09. The summed E-state index contributed by atoms with van der Waals surface area (Å²) in [5, 5.41) is 0. The smallest absolute Gasteiger partial charge is 0.410 e. The molecule has 0 radical (unpaired) electrons. The number of nitrogens with zero attached hydrogens (tertiary/aromatic N) is 1. The Morgan fingerprint density at radius 3 is 2.53 bits per heavy atom. The third-order valence-corrected chi connectivity index (χ3v) is 3.15. The van der Waals surface area contributed by atoms with Crippen molar-refractivity contribution >= 4 is 6.09 Å². The van der Waals surface area contributed by atoms with Gasteiger partial charge in [0.15, 0.2) is 0 Å². The van der Waals surface area contributed by atoms with Crippen LogP contribution in [0.25, 0.3) is 0 Å². The van der Waals surface area contributed by atoms with Gasteiger partial charge in [0, 0.05) is 11.6 Å². The van der Waals surface area contributed by atoms with E-state index >= 15 is 0 Å². The molecule has 1 aromatic rings. The van der Waals surface area contributed by atoms with Gasteiger partial charge in [-0.05, 0) is 31.4 Å². The molecule has 3 heteroatoms. The third-order valence-electron chi connectivity index (χ3n) is 3.15. The number of hydrogen-bond donors (Lipinski definition) is 0. The van der Waals surface area contributed by atoms with Crippen LogP contribution >= 0.6 is 0 Å². The molecule has 3 nitrogen and oxygen atoms in total. The van der Waals surface area contributed by atoms with E-state index in [1.54, 1.807) is 4.90 Å². The van der Waals surface area contributed by atoms with Crippen LogP contribution in [0.5, 0.6) is 5.75 Å². The monoisotopic (exact) mass is 233 g/mol. The van der Waals surface area contributed by atoms with E-state index in [0.29, 0.717) is 18.2 Å². The number of ether oxygens (including phenoxy) is 1. The van der Waals surface area contributed by atoms with E-state index in [9.17, 15) is 4.79 Å². The lowest BCUT2D eigenvalue weighted by molar-refractivity contribution is 0.123. The van der Waals surface area contributed by atoms with Crippen molar-refractivity contribution in [3.8, 4) is 5.75 Å². The first kappa shape index (κ1) is 12.0. The third kappa shape index (κ3) is 2.28. The number of rotatable bonds is 2. The Bertz CT molecular complexity index is 438. The summed E-state index contributed by atoms with van der Waals surface area (Å²) in [5.74, 6) is 1.20. The first-order chi connectivity index (χ1) is 7.99. The van der Waals surface area contributed by atoms with E-state index in [-0.39, 0.29) is 12.1 Å². The Hall–Kier alpha value is -1.51. The Morgan fingerprint density at radius 1 is 1.24 bits per heavy atom. The maximum absolute atomic E-state index is 11.7. The van der Waals surface area contributed by atoms with Gasteiger partial charge in [0.1, 0.15) is 5.75 Å². The topological polar surface area (TPSA) is 29.5 Å². The van der Waals surface area contributed by atoms with E-state index in [4.69, 9.17) is 4.74 Å². The van der Waals surface area contributed by atoms with Gasteiger partial charge in [-0.2, -0.15) is 0 Å². The lowest BCUT2D eigenvalue weighted by Crippen LogP contribution is -2.41. The molecule has 17 heavy (non-hydrogen) atoms. The van der Waals surface area contributed by atoms with Crippen LogP contribution in [0.1, 0.15) is 44.7 Å². The zero-order chi connectivity index (χ0) is 12.6. The van der Waals surface area contributed by atoms with Crippen LogP contribution in [-0.2, 0) is 6.54 Å². The summed E-state index contributed by atoms with van der Waals surface area (Å²) in [4.78, 5) is 13.5. The molecule has 92 valence electrons. The fourth-order valence-corrected chi connectivity index (χ4v) is 1.98. The second-order valence-corrected chi connectivity index (χ2v) is 5.11. The van der Waals surface area contributed by atoms with Crippen molar-refractivity contribution in [3.05, 3.63) is 29.3 Å². The van der Waals surface area contributed by atoms with Crippen molar-refractivity contribution < 1.29 is 9.53 Å². The van der Waals surface area contributed by atoms with Crippen LogP contribution < -0.4 is 4.74 Å². The van der Waals surface area contributed by atoms with Crippen LogP contribution in [0.3, 0.4) is 0 Å². The van der Waals surface area contributed by atoms with Gasteiger partial charge >= 0.3 is 6.09 Å². The molecule has 2 rings (SSSR count). The largest absolute Gasteiger partial charge is 0.415 e. The van der Waals surface area contributed by atoms with Crippen LogP contribution in [0.2, 0.25) is 0 Å². The van der Waals surface area contributed by atoms with Gasteiger partial charge in [-0.3, -0.25) is 0 Å². The quantitative estimate of drug-likeness (QED) is 0.782. The molecule has 0 atom stereocenters. The fraction of sp³-hybridized carbons (Fsp3) is 0.500. The zero-order valence-electron chi connectivity index (χ0n) is 10.9. The van der Waals surface area contributed by atoms with Crippen LogP contribution in [0.15, 0.2) is 18.2 Å². The van der Waals surface area contributed by atoms with Crippen molar-refractivity contribution in [3.63, 3.8) is 0 Å². The molecule has 1 heterocycles. The van der Waals surface area contributed by atoms with E-state index in [1.807, 2.05) is 26.0 Å². The minimum atomic E-state index is -0.246. The predicted molar refractivity (Wildman–Crippen MR) is 67.2 cm³/mol. The van der Waals surface area contributed by atoms with Crippen molar-refractivity contribution in [1.82, 2.24) is 4.90 Å². The summed E-state index contributed by atoms with van der Waals surface area (Å²) < 4.78 is 5.33. The molecule has 1 aliphatic heterocycles. The van der Waals surface area contributed by atoms with Gasteiger partial charge in [-0.1, -0.05) is 26.0 Å². The van der Waals surface area contributed by atoms with E-state index < -0.39 is 0 Å². The highest BCUT2D eigenvalue weighted by Gasteiger charge is 2.26. The van der Waals surface area contributed by atoms with Crippen molar-refractivity contribution in [1.29, 1.82) is 0 Å². The number of hydrogen-bond acceptors (Lipinski definition) is 2. The van der Waals surface area contributed by atoms with Gasteiger partial charge < -0.3 is 9.64 Å². The molecule has 0 N–H and O–H groups in total. The maximum atomic E-state index is 11.7. The summed E-state index contributed by atoms with van der Waals surface area (Å²) in [6.45, 7) is 8.97. The standard InChI is InChI=1S/C14H19NO2/c1-9(2)11-5-6-13-12(7-11)8-15(10(3)4)14(16)17-13/h5-7,9-10H,8H2,1-4H3. The molecule has 0 bridgehead atoms. The van der Waals surface area contributed by atoms with E-state index in [2.05, 4.69) is 19.9 Å². The molecule has 0 fully saturated rings. The molecular formula is C14H19NO2. The van der Waals surface area contributed by atoms with Crippen LogP contribution in [0.4, 0.5) is 4.79 Å². The average Bonchev–Trinajstić information content (AvgIpc) is 2.27. The molecular weight excluding hydrogens is 214 g/mol. The van der Waals surface area contributed by atoms with E-state index in [1.165, 1.54) is 5.56 Å². The summed E-state index contributed by atoms with van der Waals surface area (Å²) >= 11 is 0. The van der Waals surface area contributed by atoms with Crippen LogP contribution in [-0.4, -0.2) is 17.0 Å². The molecule has 1 amide bonds. The zero-order valence-corrected chi connectivity index (χ0v) is 10.9. The van der Waals surface area contributed by atoms with E-state index in [0.717, 1.165) is 5.56 Å². The minimum Gasteiger partial charge on any atom is -0.410 e. The maximum Gasteiger partial charge on any atom is 0.415 e. The first-order valence-corrected chi connectivity index (χ1v) is 6.10. The highest BCUT2D eigenvalue weighted by molar-refractivity contribution is 5.73. The highest BCUT2D eigenvalue weighted by atomic mass is 16.6. The molecule has 1 aliphatic rings. The molecule has 0 spiro atoms. The number of carbonyl (C=O) groups is 1. The molecule has 0 saturated heterocycles. The van der Waals surface area contributed by atoms with Gasteiger partial charge in [-0.25, -0.2) is 4.79 Å². The van der Waals surface area contributed by atoms with Crippen molar-refractivity contribution in [2.75, 3.05) is 0 Å². The Labute approximate surface area is 102 Å². The Morgan fingerprint density at radius 2 is 1.94 bits per heavy atom. The predicted octanol–water partition coefficient (Wildman–Crippen LogP) is 3.53. The summed E-state index contributed by atoms with van der Waals surface area (Å²) in [5.41, 5.74) is 2.38. The molecule has 0 unspecified atom stereocenters. The number of carbonyl (C=O) groups excluding carboxylic acids is 1. The number of fused-ring (bicyclic) bond motifs is 1. The minimum absolute atomic E-state index is 0.165. The molecule has 1 aromatic carbocycles. The van der Waals surface area contributed by atoms with Gasteiger partial charge in [-0.15, -0.1) is 0 Å². The number of benzene rings is 1. The summed E-state index contributed by atoms with van der Waals surface area (Å²) in [7, 11) is 0. The summed E-state index contributed by atoms with van der Waals surface area (Å²) in [6.07, 6.45) is -0.246. The van der Waals surface area contributed by atoms with Gasteiger partial charge in [0.05, 0.1) is 6.54 Å². The second-order valence-electron chi connectivity index (χ2n) is 5.11. The Balaban J connectivity index is 2.33. The van der Waals surface area contributed by atoms with Gasteiger partial charge in [0.25, 0.3) is 0 Å². The molecule has 0 aliphatic carbocycles. The lowest BCUT2D eigenvalue weighted by atomic mass is 9.99. The SMILES string of the molecule is CC(C)c1ccc2c(c1)CN(C(C)C)C(=O)O2. The molecule has 0 saturated carbocycles. The van der Waals surface area contributed by atoms with Crippen molar-refractivity contribution in [2.45, 2.75) is 46.2 Å². The fourth-order valence-electron chi connectivity index (χ4n) is 1.98. The summed E-state index contributed by atoms with van der Waals surface area (Å²) in [6, 6.07) is 6.24. The number of amides is 1. The van der Waals surface area contributed by atoms with Crippen LogP contribution in [0, 0.1) is 0 Å². The molecule has 0 aromatic heterocycles. The lowest BCUT2D eigenvalue weighted by Gasteiger charge is -2.31. The normalized spacial score (nSPS) is 15.2. The van der Waals surface area contributed by atoms with Crippen molar-refractivity contribution in [2.24, 2.45) is 0 Å². The second kappa shape index (κ2) is 4.40. The average molecular weight is 233 g/mol.